The topological polar surface area (TPSA) is 63.1 Å². The molecule has 156 valence electrons. The molecule has 29 heavy (non-hydrogen) atoms. The van der Waals surface area contributed by atoms with E-state index in [1.807, 2.05) is 56.1 Å². The van der Waals surface area contributed by atoms with Gasteiger partial charge in [0.1, 0.15) is 0 Å². The van der Waals surface area contributed by atoms with Crippen LogP contribution in [0.15, 0.2) is 30.3 Å². The van der Waals surface area contributed by atoms with Crippen LogP contribution in [0, 0.1) is 13.8 Å². The van der Waals surface area contributed by atoms with E-state index in [9.17, 15) is 4.79 Å². The highest BCUT2D eigenvalue weighted by molar-refractivity contribution is 6.30. The minimum atomic E-state index is -0.0644. The lowest BCUT2D eigenvalue weighted by atomic mass is 10.0. The molecular formula is C20H24Cl3N5O. The van der Waals surface area contributed by atoms with Gasteiger partial charge in [0.05, 0.1) is 22.7 Å². The van der Waals surface area contributed by atoms with Crippen molar-refractivity contribution in [1.29, 1.82) is 0 Å². The quantitative estimate of drug-likeness (QED) is 0.636. The number of piperazine rings is 1. The Labute approximate surface area is 187 Å². The third-order valence-corrected chi connectivity index (χ3v) is 5.30. The third-order valence-electron chi connectivity index (χ3n) is 5.06. The standard InChI is InChI=1S/C20H22ClN5O.2ClH/c1-12-9-16(18-13(2)24-25(3)19(18)23-12)20(27)26-8-7-22-11-17(26)14-5-4-6-15(21)10-14;;/h4-6,9-10,17,22H,7-8,11H2,1-3H3;2*1H. The number of benzene rings is 1. The Bertz CT molecular complexity index is 1040. The van der Waals surface area contributed by atoms with Gasteiger partial charge < -0.3 is 10.2 Å². The molecule has 2 aromatic heterocycles. The van der Waals surface area contributed by atoms with Crippen LogP contribution in [0.3, 0.4) is 0 Å². The lowest BCUT2D eigenvalue weighted by Gasteiger charge is -2.37. The van der Waals surface area contributed by atoms with Crippen LogP contribution in [-0.4, -0.2) is 45.2 Å². The number of rotatable bonds is 2. The molecule has 4 rings (SSSR count). The number of carbonyl (C=O) groups is 1. The molecule has 0 bridgehead atoms. The van der Waals surface area contributed by atoms with Crippen molar-refractivity contribution in [2.24, 2.45) is 7.05 Å². The van der Waals surface area contributed by atoms with E-state index in [1.54, 1.807) is 4.68 Å². The van der Waals surface area contributed by atoms with Crippen LogP contribution in [-0.2, 0) is 7.05 Å². The number of aromatic nitrogens is 3. The van der Waals surface area contributed by atoms with Crippen LogP contribution in [0.25, 0.3) is 11.0 Å². The Morgan fingerprint density at radius 2 is 2.00 bits per heavy atom. The van der Waals surface area contributed by atoms with E-state index < -0.39 is 0 Å². The molecule has 0 aliphatic carbocycles. The highest BCUT2D eigenvalue weighted by Crippen LogP contribution is 2.29. The second kappa shape index (κ2) is 9.30. The van der Waals surface area contributed by atoms with Gasteiger partial charge >= 0.3 is 0 Å². The third kappa shape index (κ3) is 4.36. The molecule has 1 aliphatic rings. The minimum absolute atomic E-state index is 0. The molecular weight excluding hydrogens is 433 g/mol. The largest absolute Gasteiger partial charge is 0.329 e. The summed E-state index contributed by atoms with van der Waals surface area (Å²) in [7, 11) is 1.86. The molecule has 1 N–H and O–H groups in total. The Kier molecular flexibility index (Phi) is 7.51. The van der Waals surface area contributed by atoms with Gasteiger partial charge in [0, 0.05) is 37.4 Å². The monoisotopic (exact) mass is 455 g/mol. The van der Waals surface area contributed by atoms with Crippen molar-refractivity contribution in [3.8, 4) is 0 Å². The summed E-state index contributed by atoms with van der Waals surface area (Å²) in [6.45, 7) is 5.93. The maximum atomic E-state index is 13.6. The smallest absolute Gasteiger partial charge is 0.255 e. The molecule has 1 aromatic carbocycles. The fourth-order valence-electron chi connectivity index (χ4n) is 3.85. The summed E-state index contributed by atoms with van der Waals surface area (Å²) < 4.78 is 1.74. The summed E-state index contributed by atoms with van der Waals surface area (Å²) in [5.41, 5.74) is 4.07. The summed E-state index contributed by atoms with van der Waals surface area (Å²) in [5.74, 6) is 0.00748. The molecule has 0 saturated carbocycles. The average molecular weight is 457 g/mol. The first-order valence-corrected chi connectivity index (χ1v) is 9.41. The number of aryl methyl sites for hydroxylation is 3. The van der Waals surface area contributed by atoms with Gasteiger partial charge in [0.2, 0.25) is 0 Å². The van der Waals surface area contributed by atoms with Crippen molar-refractivity contribution >= 4 is 53.4 Å². The van der Waals surface area contributed by atoms with E-state index in [1.165, 1.54) is 0 Å². The number of nitrogens with zero attached hydrogens (tertiary/aromatic N) is 4. The van der Waals surface area contributed by atoms with Crippen LogP contribution < -0.4 is 5.32 Å². The lowest BCUT2D eigenvalue weighted by Crippen LogP contribution is -2.48. The number of nitrogens with one attached hydrogen (secondary N) is 1. The second-order valence-corrected chi connectivity index (χ2v) is 7.43. The first-order valence-electron chi connectivity index (χ1n) is 9.04. The molecule has 9 heteroatoms. The zero-order valence-corrected chi connectivity index (χ0v) is 18.9. The number of pyridine rings is 1. The molecule has 3 heterocycles. The molecule has 0 spiro atoms. The van der Waals surface area contributed by atoms with Crippen LogP contribution in [0.5, 0.6) is 0 Å². The predicted molar refractivity (Wildman–Crippen MR) is 121 cm³/mol. The van der Waals surface area contributed by atoms with Crippen LogP contribution >= 0.6 is 36.4 Å². The lowest BCUT2D eigenvalue weighted by molar-refractivity contribution is 0.0636. The Balaban J connectivity index is 0.00000150. The number of halogens is 3. The maximum absolute atomic E-state index is 13.6. The molecule has 6 nitrogen and oxygen atoms in total. The molecule has 1 unspecified atom stereocenters. The van der Waals surface area contributed by atoms with E-state index in [4.69, 9.17) is 11.6 Å². The van der Waals surface area contributed by atoms with E-state index >= 15 is 0 Å². The highest BCUT2D eigenvalue weighted by Gasteiger charge is 2.30. The molecule has 1 amide bonds. The Hall–Kier alpha value is -1.86. The zero-order valence-electron chi connectivity index (χ0n) is 16.5. The zero-order chi connectivity index (χ0) is 19.1. The number of hydrogen-bond donors (Lipinski definition) is 1. The van der Waals surface area contributed by atoms with Gasteiger partial charge in [-0.25, -0.2) is 4.98 Å². The van der Waals surface area contributed by atoms with Gasteiger partial charge in [-0.1, -0.05) is 23.7 Å². The minimum Gasteiger partial charge on any atom is -0.329 e. The van der Waals surface area contributed by atoms with Crippen molar-refractivity contribution in [3.05, 3.63) is 57.9 Å². The van der Waals surface area contributed by atoms with Crippen molar-refractivity contribution in [2.75, 3.05) is 19.6 Å². The fraction of sp³-hybridized carbons (Fsp3) is 0.350. The molecule has 1 fully saturated rings. The molecule has 1 saturated heterocycles. The maximum Gasteiger partial charge on any atom is 0.255 e. The molecule has 1 aliphatic heterocycles. The predicted octanol–water partition coefficient (Wildman–Crippen LogP) is 3.87. The van der Waals surface area contributed by atoms with Crippen molar-refractivity contribution in [1.82, 2.24) is 25.0 Å². The van der Waals surface area contributed by atoms with Crippen molar-refractivity contribution in [3.63, 3.8) is 0 Å². The normalized spacial score (nSPS) is 16.3. The average Bonchev–Trinajstić information content (AvgIpc) is 2.94. The Morgan fingerprint density at radius 1 is 1.24 bits per heavy atom. The van der Waals surface area contributed by atoms with Crippen LogP contribution in [0.4, 0.5) is 0 Å². The van der Waals surface area contributed by atoms with E-state index in [-0.39, 0.29) is 36.8 Å². The number of carbonyl (C=O) groups excluding carboxylic acids is 1. The van der Waals surface area contributed by atoms with Crippen LogP contribution in [0.2, 0.25) is 5.02 Å². The van der Waals surface area contributed by atoms with Gasteiger partial charge in [-0.2, -0.15) is 5.10 Å². The number of hydrogen-bond acceptors (Lipinski definition) is 4. The molecule has 1 atom stereocenters. The van der Waals surface area contributed by atoms with Gasteiger partial charge in [-0.15, -0.1) is 24.8 Å². The van der Waals surface area contributed by atoms with Gasteiger partial charge in [0.25, 0.3) is 5.91 Å². The van der Waals surface area contributed by atoms with E-state index in [0.29, 0.717) is 23.7 Å². The SMILES string of the molecule is Cc1cc(C(=O)N2CCNCC2c2cccc(Cl)c2)c2c(C)nn(C)c2n1.Cl.Cl. The van der Waals surface area contributed by atoms with Gasteiger partial charge in [0.15, 0.2) is 5.65 Å². The Morgan fingerprint density at radius 3 is 2.72 bits per heavy atom. The summed E-state index contributed by atoms with van der Waals surface area (Å²) >= 11 is 6.19. The van der Waals surface area contributed by atoms with Gasteiger partial charge in [-0.3, -0.25) is 9.48 Å². The molecule has 3 aromatic rings. The van der Waals surface area contributed by atoms with Gasteiger partial charge in [-0.05, 0) is 37.6 Å². The summed E-state index contributed by atoms with van der Waals surface area (Å²) in [6.07, 6.45) is 0. The highest BCUT2D eigenvalue weighted by atomic mass is 35.5. The number of fused-ring (bicyclic) bond motifs is 1. The van der Waals surface area contributed by atoms with Crippen molar-refractivity contribution in [2.45, 2.75) is 19.9 Å². The molecule has 0 radical (unpaired) electrons. The van der Waals surface area contributed by atoms with E-state index in [2.05, 4.69) is 15.4 Å². The first kappa shape index (κ1) is 23.4. The summed E-state index contributed by atoms with van der Waals surface area (Å²) in [5, 5.41) is 9.36. The summed E-state index contributed by atoms with van der Waals surface area (Å²) in [4.78, 5) is 20.1. The fourth-order valence-corrected chi connectivity index (χ4v) is 4.05. The van der Waals surface area contributed by atoms with Crippen LogP contribution in [0.1, 0.15) is 33.4 Å². The first-order chi connectivity index (χ1) is 13.0. The van der Waals surface area contributed by atoms with E-state index in [0.717, 1.165) is 34.5 Å². The van der Waals surface area contributed by atoms with Crippen molar-refractivity contribution < 1.29 is 4.79 Å². The second-order valence-electron chi connectivity index (χ2n) is 6.99. The summed E-state index contributed by atoms with van der Waals surface area (Å²) in [6, 6.07) is 9.54. The number of amides is 1.